The van der Waals surface area contributed by atoms with E-state index in [1.807, 2.05) is 50.2 Å². The van der Waals surface area contributed by atoms with Gasteiger partial charge in [-0.2, -0.15) is 0 Å². The third-order valence-corrected chi connectivity index (χ3v) is 12.6. The molecule has 2 saturated carbocycles. The fourth-order valence-corrected chi connectivity index (χ4v) is 10.1. The Bertz CT molecular complexity index is 1930. The predicted octanol–water partition coefficient (Wildman–Crippen LogP) is 5.64. The first kappa shape index (κ1) is 40.5. The number of carboxylic acids is 2. The second kappa shape index (κ2) is 14.9. The van der Waals surface area contributed by atoms with Crippen LogP contribution in [0.2, 0.25) is 0 Å². The number of esters is 2. The summed E-state index contributed by atoms with van der Waals surface area (Å²) >= 11 is 0. The van der Waals surface area contributed by atoms with E-state index in [4.69, 9.17) is 18.9 Å². The summed E-state index contributed by atoms with van der Waals surface area (Å²) in [4.78, 5) is 48.9. The number of carbonyl (C=O) groups is 4. The number of carbonyl (C=O) groups excluding carboxylic acids is 2. The summed E-state index contributed by atoms with van der Waals surface area (Å²) in [5.74, 6) is -3.64. The maximum Gasteiger partial charge on any atom is 0.318 e. The molecule has 4 N–H and O–H groups in total. The molecule has 292 valence electrons. The van der Waals surface area contributed by atoms with Crippen molar-refractivity contribution in [3.63, 3.8) is 0 Å². The minimum atomic E-state index is -1.45. The highest BCUT2D eigenvalue weighted by molar-refractivity contribution is 5.85. The maximum atomic E-state index is 12.9. The molecule has 0 aromatic heterocycles. The van der Waals surface area contributed by atoms with E-state index >= 15 is 0 Å². The van der Waals surface area contributed by atoms with Gasteiger partial charge in [-0.25, -0.2) is 0 Å². The van der Waals surface area contributed by atoms with Gasteiger partial charge < -0.3 is 39.4 Å². The van der Waals surface area contributed by atoms with Gasteiger partial charge in [-0.05, 0) is 118 Å². The van der Waals surface area contributed by atoms with Crippen molar-refractivity contribution < 1.29 is 58.6 Å². The number of hydrogen-bond donors (Lipinski definition) is 4. The van der Waals surface area contributed by atoms with Crippen LogP contribution in [0.1, 0.15) is 88.5 Å². The Balaban J connectivity index is 0.000000213. The predicted molar refractivity (Wildman–Crippen MR) is 197 cm³/mol. The molecule has 0 amide bonds. The zero-order chi connectivity index (χ0) is 40.2. The second-order valence-electron chi connectivity index (χ2n) is 15.4. The summed E-state index contributed by atoms with van der Waals surface area (Å²) in [6.45, 7) is 13.4. The Hall–Kier alpha value is -4.68. The molecule has 2 aromatic carbocycles. The van der Waals surface area contributed by atoms with Gasteiger partial charge in [0.15, 0.2) is 0 Å². The van der Waals surface area contributed by atoms with E-state index in [1.165, 1.54) is 13.8 Å². The summed E-state index contributed by atoms with van der Waals surface area (Å²) in [5, 5.41) is 41.9. The quantitative estimate of drug-likeness (QED) is 0.193. The molecule has 4 aliphatic rings. The number of hydrogen-bond acceptors (Lipinski definition) is 10. The molecule has 0 radical (unpaired) electrons. The van der Waals surface area contributed by atoms with E-state index in [1.54, 1.807) is 41.9 Å². The lowest BCUT2D eigenvalue weighted by molar-refractivity contribution is -0.171. The van der Waals surface area contributed by atoms with Gasteiger partial charge in [-0.3, -0.25) is 19.2 Å². The van der Waals surface area contributed by atoms with E-state index in [2.05, 4.69) is 0 Å². The molecular weight excluding hydrogens is 696 g/mol. The molecule has 0 saturated heterocycles. The minimum absolute atomic E-state index is 0.392. The van der Waals surface area contributed by atoms with E-state index in [-0.39, 0.29) is 0 Å². The Morgan fingerprint density at radius 2 is 1.07 bits per heavy atom. The highest BCUT2D eigenvalue weighted by atomic mass is 16.6. The van der Waals surface area contributed by atoms with Gasteiger partial charge in [-0.1, -0.05) is 17.7 Å². The number of aliphatic hydroxyl groups is 2. The number of rotatable bonds is 8. The van der Waals surface area contributed by atoms with Crippen LogP contribution in [-0.4, -0.2) is 82.9 Å². The fraction of sp³-hybridized carbons (Fsp3) is 0.524. The lowest BCUT2D eigenvalue weighted by atomic mass is 9.64. The average molecular weight is 749 g/mol. The smallest absolute Gasteiger partial charge is 0.318 e. The number of ether oxygens (including phenoxy) is 4. The van der Waals surface area contributed by atoms with Crippen molar-refractivity contribution in [2.45, 2.75) is 104 Å². The van der Waals surface area contributed by atoms with Gasteiger partial charge in [-0.15, -0.1) is 0 Å². The van der Waals surface area contributed by atoms with Crippen molar-refractivity contribution in [2.75, 3.05) is 14.2 Å². The molecule has 4 bridgehead atoms. The highest BCUT2D eigenvalue weighted by Gasteiger charge is 2.69. The Labute approximate surface area is 315 Å². The van der Waals surface area contributed by atoms with Gasteiger partial charge in [0.25, 0.3) is 0 Å². The lowest BCUT2D eigenvalue weighted by Gasteiger charge is -2.43. The van der Waals surface area contributed by atoms with Gasteiger partial charge in [0.2, 0.25) is 0 Å². The monoisotopic (exact) mass is 748 g/mol. The van der Waals surface area contributed by atoms with Crippen molar-refractivity contribution in [3.8, 4) is 11.5 Å². The number of aliphatic hydroxyl groups excluding tert-OH is 2. The molecule has 12 heteroatoms. The molecule has 0 aliphatic heterocycles. The van der Waals surface area contributed by atoms with Crippen molar-refractivity contribution in [2.24, 2.45) is 22.7 Å². The number of aliphatic carboxylic acids is 2. The SMILES string of the molecule is COc1cc(C)cc(C2CC3C(O)C(C)=C(C)C2(C(=O)O)C3O)c1.COc1cc(C)cc(C2CC3C(OC(C)=O)C(C)=C(C)C2(C(=O)O)C3OC(C)=O)c1. The summed E-state index contributed by atoms with van der Waals surface area (Å²) in [6, 6.07) is 11.3. The Morgan fingerprint density at radius 1 is 0.630 bits per heavy atom. The number of fused-ring (bicyclic) bond motifs is 4. The van der Waals surface area contributed by atoms with Crippen LogP contribution in [0.5, 0.6) is 11.5 Å². The molecule has 10 atom stereocenters. The molecule has 4 aliphatic carbocycles. The van der Waals surface area contributed by atoms with E-state index in [0.29, 0.717) is 46.6 Å². The topological polar surface area (TPSA) is 186 Å². The first-order valence-corrected chi connectivity index (χ1v) is 18.1. The molecule has 6 rings (SSSR count). The van der Waals surface area contributed by atoms with Gasteiger partial charge in [0, 0.05) is 37.5 Å². The van der Waals surface area contributed by atoms with Crippen molar-refractivity contribution in [1.29, 1.82) is 0 Å². The van der Waals surface area contributed by atoms with Crippen LogP contribution in [-0.2, 0) is 28.7 Å². The third-order valence-electron chi connectivity index (χ3n) is 12.6. The molecular formula is C42H52O12. The van der Waals surface area contributed by atoms with E-state index < -0.39 is 82.8 Å². The van der Waals surface area contributed by atoms with Gasteiger partial charge in [0.1, 0.15) is 34.5 Å². The molecule has 54 heavy (non-hydrogen) atoms. The van der Waals surface area contributed by atoms with Crippen molar-refractivity contribution in [3.05, 3.63) is 80.9 Å². The van der Waals surface area contributed by atoms with Crippen LogP contribution in [0.4, 0.5) is 0 Å². The van der Waals surface area contributed by atoms with E-state index in [9.17, 15) is 39.6 Å². The normalized spacial score (nSPS) is 32.4. The van der Waals surface area contributed by atoms with E-state index in [0.717, 1.165) is 22.3 Å². The summed E-state index contributed by atoms with van der Waals surface area (Å²) in [7, 11) is 3.14. The summed E-state index contributed by atoms with van der Waals surface area (Å²) in [6.07, 6.45) is -2.68. The van der Waals surface area contributed by atoms with Crippen LogP contribution >= 0.6 is 0 Å². The van der Waals surface area contributed by atoms with Crippen LogP contribution < -0.4 is 9.47 Å². The van der Waals surface area contributed by atoms with Crippen LogP contribution in [0, 0.1) is 36.5 Å². The molecule has 0 heterocycles. The average Bonchev–Trinajstić information content (AvgIpc) is 3.55. The van der Waals surface area contributed by atoms with Gasteiger partial charge >= 0.3 is 23.9 Å². The first-order chi connectivity index (χ1) is 25.3. The minimum Gasteiger partial charge on any atom is -0.497 e. The van der Waals surface area contributed by atoms with Crippen LogP contribution in [0.25, 0.3) is 0 Å². The standard InChI is InChI=1S/C23H28O7.C19H24O5/c1-11-7-16(9-17(8-11)28-6)19-10-18-20(29-14(4)24)12(2)13(3)23(19,22(26)27)21(18)30-15(5)25;1-9-5-12(7-13(6-9)24-4)15-8-14-16(20)10(2)11(3)19(15,17(14)21)18(22)23/h7-9,18-21H,10H2,1-6H3,(H,26,27);5-7,14-17,20-21H,8H2,1-4H3,(H,22,23). The summed E-state index contributed by atoms with van der Waals surface area (Å²) in [5.41, 5.74) is 3.17. The number of methoxy groups -OCH3 is 2. The van der Waals surface area contributed by atoms with Crippen molar-refractivity contribution in [1.82, 2.24) is 0 Å². The molecule has 10 unspecified atom stereocenters. The van der Waals surface area contributed by atoms with Crippen LogP contribution in [0.3, 0.4) is 0 Å². The Morgan fingerprint density at radius 3 is 1.52 bits per heavy atom. The third kappa shape index (κ3) is 6.26. The molecule has 2 aromatic rings. The molecule has 12 nitrogen and oxygen atoms in total. The zero-order valence-corrected chi connectivity index (χ0v) is 32.6. The number of carboxylic acid groups (broad SMARTS) is 2. The maximum absolute atomic E-state index is 12.9. The molecule has 2 fully saturated rings. The fourth-order valence-electron chi connectivity index (χ4n) is 10.1. The first-order valence-electron chi connectivity index (χ1n) is 18.1. The van der Waals surface area contributed by atoms with Crippen molar-refractivity contribution >= 4 is 23.9 Å². The zero-order valence-electron chi connectivity index (χ0n) is 32.6. The largest absolute Gasteiger partial charge is 0.497 e. The lowest BCUT2D eigenvalue weighted by Crippen LogP contribution is -2.53. The number of aryl methyl sites for hydroxylation is 2. The summed E-state index contributed by atoms with van der Waals surface area (Å²) < 4.78 is 21.9. The molecule has 0 spiro atoms. The van der Waals surface area contributed by atoms with Crippen LogP contribution in [0.15, 0.2) is 58.7 Å². The number of benzene rings is 2. The second-order valence-corrected chi connectivity index (χ2v) is 15.4. The van der Waals surface area contributed by atoms with Gasteiger partial charge in [0.05, 0.1) is 26.4 Å². The highest BCUT2D eigenvalue weighted by Crippen LogP contribution is 2.64. The Kier molecular flexibility index (Phi) is 11.1.